The first-order valence-corrected chi connectivity index (χ1v) is 10.3. The Morgan fingerprint density at radius 3 is 2.28 bits per heavy atom. The topological polar surface area (TPSA) is 75.7 Å². The number of ether oxygens (including phenoxy) is 1. The maximum atomic E-state index is 12.7. The molecule has 6 nitrogen and oxygen atoms in total. The van der Waals surface area contributed by atoms with Gasteiger partial charge in [0.15, 0.2) is 0 Å². The molecular formula is C18H16ClF3N2O4S. The lowest BCUT2D eigenvalue weighted by molar-refractivity contribution is -0.137. The van der Waals surface area contributed by atoms with Gasteiger partial charge in [-0.05, 0) is 42.5 Å². The van der Waals surface area contributed by atoms with E-state index in [0.29, 0.717) is 0 Å². The van der Waals surface area contributed by atoms with E-state index in [0.717, 1.165) is 24.3 Å². The van der Waals surface area contributed by atoms with Gasteiger partial charge in [0.1, 0.15) is 0 Å². The number of nitrogens with one attached hydrogen (secondary N) is 1. The number of rotatable bonds is 4. The van der Waals surface area contributed by atoms with Gasteiger partial charge in [-0.2, -0.15) is 17.5 Å². The number of carbonyl (C=O) groups is 1. The predicted octanol–water partition coefficient (Wildman–Crippen LogP) is 3.63. The second-order valence-corrected chi connectivity index (χ2v) is 8.53. The summed E-state index contributed by atoms with van der Waals surface area (Å²) < 4.78 is 69.8. The van der Waals surface area contributed by atoms with E-state index in [9.17, 15) is 26.4 Å². The minimum Gasteiger partial charge on any atom is -0.379 e. The third-order valence-corrected chi connectivity index (χ3v) is 6.49. The maximum absolute atomic E-state index is 12.7. The summed E-state index contributed by atoms with van der Waals surface area (Å²) in [6.07, 6.45) is -4.51. The Labute approximate surface area is 170 Å². The lowest BCUT2D eigenvalue weighted by Crippen LogP contribution is -2.40. The zero-order valence-electron chi connectivity index (χ0n) is 14.9. The molecule has 1 fully saturated rings. The first-order valence-electron chi connectivity index (χ1n) is 8.45. The molecule has 1 amide bonds. The monoisotopic (exact) mass is 448 g/mol. The number of amides is 1. The van der Waals surface area contributed by atoms with Crippen LogP contribution in [0.25, 0.3) is 0 Å². The van der Waals surface area contributed by atoms with Crippen molar-refractivity contribution < 1.29 is 31.1 Å². The van der Waals surface area contributed by atoms with E-state index in [-0.39, 0.29) is 47.5 Å². The van der Waals surface area contributed by atoms with Crippen LogP contribution in [0.2, 0.25) is 5.02 Å². The Kier molecular flexibility index (Phi) is 6.18. The molecule has 2 aromatic rings. The van der Waals surface area contributed by atoms with Crippen LogP contribution in [0, 0.1) is 0 Å². The lowest BCUT2D eigenvalue weighted by Gasteiger charge is -2.26. The number of morpholine rings is 1. The Balaban J connectivity index is 1.82. The first kappa shape index (κ1) is 21.6. The fourth-order valence-corrected chi connectivity index (χ4v) is 4.30. The second kappa shape index (κ2) is 8.31. The van der Waals surface area contributed by atoms with Gasteiger partial charge in [-0.1, -0.05) is 11.6 Å². The van der Waals surface area contributed by atoms with Crippen molar-refractivity contribution in [1.82, 2.24) is 4.31 Å². The van der Waals surface area contributed by atoms with Crippen LogP contribution >= 0.6 is 11.6 Å². The van der Waals surface area contributed by atoms with Gasteiger partial charge in [-0.3, -0.25) is 4.79 Å². The van der Waals surface area contributed by atoms with Gasteiger partial charge in [0.25, 0.3) is 5.91 Å². The normalized spacial score (nSPS) is 15.9. The third-order valence-electron chi connectivity index (χ3n) is 4.27. The van der Waals surface area contributed by atoms with Crippen LogP contribution in [0.3, 0.4) is 0 Å². The number of halogens is 4. The molecule has 0 aliphatic carbocycles. The largest absolute Gasteiger partial charge is 0.416 e. The van der Waals surface area contributed by atoms with Crippen LogP contribution in [0.5, 0.6) is 0 Å². The minimum absolute atomic E-state index is 0.0319. The van der Waals surface area contributed by atoms with E-state index < -0.39 is 27.7 Å². The Hall–Kier alpha value is -2.14. The van der Waals surface area contributed by atoms with E-state index in [1.165, 1.54) is 22.5 Å². The average molecular weight is 449 g/mol. The summed E-state index contributed by atoms with van der Waals surface area (Å²) in [5.41, 5.74) is -0.882. The van der Waals surface area contributed by atoms with Crippen LogP contribution in [-0.2, 0) is 20.9 Å². The number of nitrogens with zero attached hydrogens (tertiary/aromatic N) is 1. The number of hydrogen-bond donors (Lipinski definition) is 1. The molecule has 156 valence electrons. The highest BCUT2D eigenvalue weighted by Crippen LogP contribution is 2.30. The number of alkyl halides is 3. The molecule has 1 N–H and O–H groups in total. The summed E-state index contributed by atoms with van der Waals surface area (Å²) in [5, 5.41) is 2.53. The number of benzene rings is 2. The van der Waals surface area contributed by atoms with Crippen molar-refractivity contribution in [3.63, 3.8) is 0 Å². The molecule has 0 saturated carbocycles. The zero-order chi connectivity index (χ0) is 21.2. The second-order valence-electron chi connectivity index (χ2n) is 6.19. The zero-order valence-corrected chi connectivity index (χ0v) is 16.4. The van der Waals surface area contributed by atoms with Crippen molar-refractivity contribution in [2.45, 2.75) is 11.1 Å². The highest BCUT2D eigenvalue weighted by Gasteiger charge is 2.30. The molecule has 1 saturated heterocycles. The Bertz CT molecular complexity index is 1000. The van der Waals surface area contributed by atoms with Crippen LogP contribution in [0.1, 0.15) is 15.9 Å². The molecule has 29 heavy (non-hydrogen) atoms. The van der Waals surface area contributed by atoms with E-state index in [1.54, 1.807) is 0 Å². The van der Waals surface area contributed by atoms with E-state index in [4.69, 9.17) is 16.3 Å². The molecule has 1 aliphatic heterocycles. The number of sulfonamides is 1. The SMILES string of the molecule is O=C(Nc1cc(S(=O)(=O)N2CCOCC2)ccc1Cl)c1ccc(C(F)(F)F)cc1. The van der Waals surface area contributed by atoms with E-state index >= 15 is 0 Å². The molecule has 0 spiro atoms. The molecule has 0 aromatic heterocycles. The molecule has 0 unspecified atom stereocenters. The number of carbonyl (C=O) groups excluding carboxylic acids is 1. The van der Waals surface area contributed by atoms with Gasteiger partial charge in [-0.15, -0.1) is 0 Å². The van der Waals surface area contributed by atoms with Gasteiger partial charge in [-0.25, -0.2) is 8.42 Å². The molecule has 1 heterocycles. The van der Waals surface area contributed by atoms with Crippen molar-refractivity contribution >= 4 is 33.2 Å². The smallest absolute Gasteiger partial charge is 0.379 e. The highest BCUT2D eigenvalue weighted by molar-refractivity contribution is 7.89. The fraction of sp³-hybridized carbons (Fsp3) is 0.278. The fourth-order valence-electron chi connectivity index (χ4n) is 2.70. The number of anilines is 1. The van der Waals surface area contributed by atoms with Gasteiger partial charge in [0, 0.05) is 18.7 Å². The molecular weight excluding hydrogens is 433 g/mol. The van der Waals surface area contributed by atoms with Crippen LogP contribution in [0.4, 0.5) is 18.9 Å². The Morgan fingerprint density at radius 2 is 1.69 bits per heavy atom. The van der Waals surface area contributed by atoms with Crippen molar-refractivity contribution in [2.75, 3.05) is 31.6 Å². The van der Waals surface area contributed by atoms with Crippen LogP contribution in [-0.4, -0.2) is 44.9 Å². The maximum Gasteiger partial charge on any atom is 0.416 e. The number of hydrogen-bond acceptors (Lipinski definition) is 4. The third kappa shape index (κ3) is 4.89. The standard InChI is InChI=1S/C18H16ClF3N2O4S/c19-15-6-5-14(29(26,27)24-7-9-28-10-8-24)11-16(15)23-17(25)12-1-3-13(4-2-12)18(20,21)22/h1-6,11H,7-10H2,(H,23,25). The summed E-state index contributed by atoms with van der Waals surface area (Å²) in [6, 6.07) is 7.50. The summed E-state index contributed by atoms with van der Waals surface area (Å²) in [5.74, 6) is -0.721. The van der Waals surface area contributed by atoms with E-state index in [1.807, 2.05) is 0 Å². The minimum atomic E-state index is -4.51. The molecule has 11 heteroatoms. The first-order chi connectivity index (χ1) is 13.6. The molecule has 0 bridgehead atoms. The molecule has 2 aromatic carbocycles. The van der Waals surface area contributed by atoms with Crippen LogP contribution in [0.15, 0.2) is 47.4 Å². The summed E-state index contributed by atoms with van der Waals surface area (Å²) in [7, 11) is -3.81. The predicted molar refractivity (Wildman–Crippen MR) is 100 cm³/mol. The van der Waals surface area contributed by atoms with Gasteiger partial charge < -0.3 is 10.1 Å². The lowest BCUT2D eigenvalue weighted by atomic mass is 10.1. The summed E-state index contributed by atoms with van der Waals surface area (Å²) in [4.78, 5) is 12.3. The van der Waals surface area contributed by atoms with Crippen molar-refractivity contribution in [3.05, 3.63) is 58.6 Å². The van der Waals surface area contributed by atoms with Crippen molar-refractivity contribution in [2.24, 2.45) is 0 Å². The van der Waals surface area contributed by atoms with E-state index in [2.05, 4.69) is 5.32 Å². The molecule has 0 atom stereocenters. The molecule has 0 radical (unpaired) electrons. The summed E-state index contributed by atoms with van der Waals surface area (Å²) in [6.45, 7) is 0.977. The average Bonchev–Trinajstić information content (AvgIpc) is 2.69. The molecule has 1 aliphatic rings. The van der Waals surface area contributed by atoms with Crippen molar-refractivity contribution in [3.8, 4) is 0 Å². The molecule has 3 rings (SSSR count). The quantitative estimate of drug-likeness (QED) is 0.775. The Morgan fingerprint density at radius 1 is 1.07 bits per heavy atom. The summed E-state index contributed by atoms with van der Waals surface area (Å²) >= 11 is 6.06. The van der Waals surface area contributed by atoms with Crippen LogP contribution < -0.4 is 5.32 Å². The van der Waals surface area contributed by atoms with Gasteiger partial charge in [0.05, 0.1) is 34.4 Å². The van der Waals surface area contributed by atoms with Gasteiger partial charge >= 0.3 is 6.18 Å². The van der Waals surface area contributed by atoms with Crippen molar-refractivity contribution in [1.29, 1.82) is 0 Å². The highest BCUT2D eigenvalue weighted by atomic mass is 35.5. The van der Waals surface area contributed by atoms with Gasteiger partial charge in [0.2, 0.25) is 10.0 Å².